The first-order valence-corrected chi connectivity index (χ1v) is 6.11. The Morgan fingerprint density at radius 1 is 1.32 bits per heavy atom. The molecule has 0 saturated carbocycles. The van der Waals surface area contributed by atoms with Crippen molar-refractivity contribution in [2.75, 3.05) is 7.11 Å². The van der Waals surface area contributed by atoms with Crippen LogP contribution in [0.4, 0.5) is 0 Å². The lowest BCUT2D eigenvalue weighted by atomic mass is 9.84. The summed E-state index contributed by atoms with van der Waals surface area (Å²) in [7, 11) is 1.60. The van der Waals surface area contributed by atoms with E-state index in [9.17, 15) is 4.79 Å². The predicted molar refractivity (Wildman–Crippen MR) is 74.2 cm³/mol. The second kappa shape index (κ2) is 5.59. The van der Waals surface area contributed by atoms with Crippen molar-refractivity contribution in [1.29, 1.82) is 0 Å². The van der Waals surface area contributed by atoms with Gasteiger partial charge in [0.05, 0.1) is 13.2 Å². The predicted octanol–water partition coefficient (Wildman–Crippen LogP) is 1.40. The molecule has 5 N–H and O–H groups in total. The average molecular weight is 266 g/mol. The first-order valence-electron chi connectivity index (χ1n) is 6.11. The molecule has 0 aliphatic rings. The van der Waals surface area contributed by atoms with Crippen LogP contribution in [-0.4, -0.2) is 24.2 Å². The summed E-state index contributed by atoms with van der Waals surface area (Å²) in [6.45, 7) is 6.16. The fourth-order valence-electron chi connectivity index (χ4n) is 1.88. The number of carboxylic acid groups (broad SMARTS) is 1. The molecule has 5 nitrogen and oxygen atoms in total. The van der Waals surface area contributed by atoms with Gasteiger partial charge in [-0.1, -0.05) is 26.8 Å². The molecule has 0 heterocycles. The van der Waals surface area contributed by atoms with E-state index in [-0.39, 0.29) is 5.41 Å². The van der Waals surface area contributed by atoms with Crippen molar-refractivity contribution in [2.45, 2.75) is 38.3 Å². The smallest absolute Gasteiger partial charge is 0.322 e. The molecule has 5 heteroatoms. The quantitative estimate of drug-likeness (QED) is 0.765. The van der Waals surface area contributed by atoms with Gasteiger partial charge in [0.2, 0.25) is 0 Å². The lowest BCUT2D eigenvalue weighted by molar-refractivity contribution is -0.139. The van der Waals surface area contributed by atoms with Crippen LogP contribution in [0.2, 0.25) is 0 Å². The fraction of sp³-hybridized carbons (Fsp3) is 0.500. The maximum Gasteiger partial charge on any atom is 0.322 e. The molecule has 106 valence electrons. The molecule has 1 aromatic carbocycles. The number of nitrogens with two attached hydrogens (primary N) is 2. The van der Waals surface area contributed by atoms with Gasteiger partial charge < -0.3 is 21.3 Å². The number of aliphatic carboxylic acids is 1. The van der Waals surface area contributed by atoms with Crippen LogP contribution in [-0.2, 0) is 10.2 Å². The monoisotopic (exact) mass is 266 g/mol. The maximum atomic E-state index is 10.9. The van der Waals surface area contributed by atoms with Gasteiger partial charge in [0.1, 0.15) is 11.8 Å². The summed E-state index contributed by atoms with van der Waals surface area (Å²) in [6, 6.07) is 3.55. The van der Waals surface area contributed by atoms with Crippen LogP contribution in [0.3, 0.4) is 0 Å². The van der Waals surface area contributed by atoms with E-state index in [1.807, 2.05) is 6.07 Å². The summed E-state index contributed by atoms with van der Waals surface area (Å²) in [5, 5.41) is 8.91. The highest BCUT2D eigenvalue weighted by atomic mass is 16.5. The molecule has 0 radical (unpaired) electrons. The Hall–Kier alpha value is -1.59. The summed E-state index contributed by atoms with van der Waals surface area (Å²) < 4.78 is 5.33. The summed E-state index contributed by atoms with van der Waals surface area (Å²) in [4.78, 5) is 10.9. The molecule has 2 atom stereocenters. The molecule has 0 bridgehead atoms. The lowest BCUT2D eigenvalue weighted by Crippen LogP contribution is -2.40. The zero-order valence-corrected chi connectivity index (χ0v) is 11.8. The molecule has 1 aromatic rings. The Balaban J connectivity index is 3.22. The van der Waals surface area contributed by atoms with Crippen LogP contribution in [0.5, 0.6) is 5.75 Å². The van der Waals surface area contributed by atoms with E-state index < -0.39 is 18.1 Å². The first kappa shape index (κ1) is 15.5. The minimum Gasteiger partial charge on any atom is -0.496 e. The highest BCUT2D eigenvalue weighted by molar-refractivity contribution is 5.74. The SMILES string of the molecule is COc1ccc(C(N)C(N)C(=O)O)cc1C(C)(C)C. The molecule has 1 rings (SSSR count). The Morgan fingerprint density at radius 2 is 1.89 bits per heavy atom. The zero-order chi connectivity index (χ0) is 14.8. The molecule has 0 saturated heterocycles. The third kappa shape index (κ3) is 3.45. The molecule has 2 unspecified atom stereocenters. The number of hydrogen-bond donors (Lipinski definition) is 3. The number of benzene rings is 1. The van der Waals surface area contributed by atoms with Gasteiger partial charge in [-0.15, -0.1) is 0 Å². The van der Waals surface area contributed by atoms with Crippen LogP contribution < -0.4 is 16.2 Å². The van der Waals surface area contributed by atoms with E-state index in [2.05, 4.69) is 20.8 Å². The van der Waals surface area contributed by atoms with Gasteiger partial charge in [0, 0.05) is 0 Å². The van der Waals surface area contributed by atoms with Gasteiger partial charge >= 0.3 is 5.97 Å². The van der Waals surface area contributed by atoms with Crippen molar-refractivity contribution in [3.05, 3.63) is 29.3 Å². The van der Waals surface area contributed by atoms with Gasteiger partial charge in [0.25, 0.3) is 0 Å². The van der Waals surface area contributed by atoms with Crippen LogP contribution in [0.15, 0.2) is 18.2 Å². The third-order valence-corrected chi connectivity index (χ3v) is 3.09. The van der Waals surface area contributed by atoms with Gasteiger partial charge in [-0.2, -0.15) is 0 Å². The lowest BCUT2D eigenvalue weighted by Gasteiger charge is -2.25. The topological polar surface area (TPSA) is 98.6 Å². The van der Waals surface area contributed by atoms with E-state index in [0.29, 0.717) is 5.56 Å². The summed E-state index contributed by atoms with van der Waals surface area (Å²) in [5.41, 5.74) is 13.0. The standard InChI is InChI=1S/C14H22N2O3/c1-14(2,3)9-7-8(5-6-10(9)19-4)11(15)12(16)13(17)18/h5-7,11-12H,15-16H2,1-4H3,(H,17,18). The van der Waals surface area contributed by atoms with Crippen molar-refractivity contribution in [3.8, 4) is 5.75 Å². The maximum absolute atomic E-state index is 10.9. The number of carbonyl (C=O) groups is 1. The van der Waals surface area contributed by atoms with Crippen molar-refractivity contribution >= 4 is 5.97 Å². The van der Waals surface area contributed by atoms with E-state index in [1.54, 1.807) is 19.2 Å². The largest absolute Gasteiger partial charge is 0.496 e. The highest BCUT2D eigenvalue weighted by Gasteiger charge is 2.25. The molecule has 0 spiro atoms. The van der Waals surface area contributed by atoms with Gasteiger partial charge in [-0.05, 0) is 28.7 Å². The van der Waals surface area contributed by atoms with Crippen molar-refractivity contribution in [3.63, 3.8) is 0 Å². The van der Waals surface area contributed by atoms with Crippen LogP contribution in [0.25, 0.3) is 0 Å². The second-order valence-electron chi connectivity index (χ2n) is 5.60. The van der Waals surface area contributed by atoms with Crippen molar-refractivity contribution in [1.82, 2.24) is 0 Å². The van der Waals surface area contributed by atoms with Gasteiger partial charge in [0.15, 0.2) is 0 Å². The minimum atomic E-state index is -1.12. The van der Waals surface area contributed by atoms with E-state index in [4.69, 9.17) is 21.3 Å². The Bertz CT molecular complexity index is 466. The van der Waals surface area contributed by atoms with Crippen LogP contribution in [0.1, 0.15) is 37.9 Å². The molecule has 0 aliphatic carbocycles. The molecule has 19 heavy (non-hydrogen) atoms. The summed E-state index contributed by atoms with van der Waals surface area (Å²) >= 11 is 0. The zero-order valence-electron chi connectivity index (χ0n) is 11.8. The number of rotatable bonds is 4. The van der Waals surface area contributed by atoms with Crippen LogP contribution in [0, 0.1) is 0 Å². The van der Waals surface area contributed by atoms with Crippen molar-refractivity contribution in [2.24, 2.45) is 11.5 Å². The minimum absolute atomic E-state index is 0.131. The number of carboxylic acids is 1. The first-order chi connectivity index (χ1) is 8.68. The number of methoxy groups -OCH3 is 1. The van der Waals surface area contributed by atoms with E-state index in [1.165, 1.54) is 0 Å². The molecular weight excluding hydrogens is 244 g/mol. The van der Waals surface area contributed by atoms with Crippen LogP contribution >= 0.6 is 0 Å². The molecule has 0 aliphatic heterocycles. The van der Waals surface area contributed by atoms with E-state index in [0.717, 1.165) is 11.3 Å². The molecule has 0 fully saturated rings. The molecular formula is C14H22N2O3. The fourth-order valence-corrected chi connectivity index (χ4v) is 1.88. The second-order valence-corrected chi connectivity index (χ2v) is 5.60. The Labute approximate surface area is 113 Å². The number of hydrogen-bond acceptors (Lipinski definition) is 4. The Morgan fingerprint density at radius 3 is 2.32 bits per heavy atom. The number of ether oxygens (including phenoxy) is 1. The highest BCUT2D eigenvalue weighted by Crippen LogP contribution is 2.33. The van der Waals surface area contributed by atoms with Gasteiger partial charge in [-0.3, -0.25) is 4.79 Å². The molecule has 0 aromatic heterocycles. The average Bonchev–Trinajstić information content (AvgIpc) is 2.35. The third-order valence-electron chi connectivity index (χ3n) is 3.09. The van der Waals surface area contributed by atoms with Gasteiger partial charge in [-0.25, -0.2) is 0 Å². The molecule has 0 amide bonds. The summed E-state index contributed by atoms with van der Waals surface area (Å²) in [6.07, 6.45) is 0. The van der Waals surface area contributed by atoms with Crippen molar-refractivity contribution < 1.29 is 14.6 Å². The Kier molecular flexibility index (Phi) is 4.55. The summed E-state index contributed by atoms with van der Waals surface area (Å²) in [5.74, 6) is -0.354. The normalized spacial score (nSPS) is 14.8. The van der Waals surface area contributed by atoms with E-state index >= 15 is 0 Å².